The Balaban J connectivity index is 3.22. The summed E-state index contributed by atoms with van der Waals surface area (Å²) in [6.45, 7) is 4.02. The molecule has 5 heteroatoms. The second-order valence-corrected chi connectivity index (χ2v) is 4.27. The first-order chi connectivity index (χ1) is 8.49. The highest BCUT2D eigenvalue weighted by molar-refractivity contribution is 5.48. The van der Waals surface area contributed by atoms with E-state index < -0.39 is 11.9 Å². The van der Waals surface area contributed by atoms with Gasteiger partial charge in [0.2, 0.25) is 0 Å². The minimum absolute atomic E-state index is 0.0927. The van der Waals surface area contributed by atoms with E-state index in [-0.39, 0.29) is 11.9 Å². The van der Waals surface area contributed by atoms with Crippen LogP contribution in [0.1, 0.15) is 25.5 Å². The summed E-state index contributed by atoms with van der Waals surface area (Å²) in [6, 6.07) is 2.51. The largest absolute Gasteiger partial charge is 0.493 e. The third kappa shape index (κ3) is 3.58. The fourth-order valence-electron chi connectivity index (χ4n) is 1.65. The Morgan fingerprint density at radius 3 is 2.56 bits per heavy atom. The van der Waals surface area contributed by atoms with Crippen LogP contribution in [0.25, 0.3) is 0 Å². The van der Waals surface area contributed by atoms with Crippen molar-refractivity contribution in [1.82, 2.24) is 5.32 Å². The van der Waals surface area contributed by atoms with E-state index >= 15 is 0 Å². The molecule has 1 atom stereocenters. The molecule has 0 heterocycles. The lowest BCUT2D eigenvalue weighted by atomic mass is 10.1. The zero-order chi connectivity index (χ0) is 13.7. The summed E-state index contributed by atoms with van der Waals surface area (Å²) in [5.41, 5.74) is 0.384. The Labute approximate surface area is 107 Å². The van der Waals surface area contributed by atoms with E-state index in [1.807, 2.05) is 13.8 Å². The predicted molar refractivity (Wildman–Crippen MR) is 67.6 cm³/mol. The SMILES string of the molecule is CNCC(O)c1cc(F)cc(OC)c1OC(C)C. The summed E-state index contributed by atoms with van der Waals surface area (Å²) in [4.78, 5) is 0. The number of methoxy groups -OCH3 is 1. The molecule has 0 amide bonds. The molecule has 1 unspecified atom stereocenters. The van der Waals surface area contributed by atoms with E-state index in [0.29, 0.717) is 17.9 Å². The van der Waals surface area contributed by atoms with Gasteiger partial charge in [-0.2, -0.15) is 0 Å². The first-order valence-corrected chi connectivity index (χ1v) is 5.86. The molecule has 0 radical (unpaired) electrons. The third-order valence-corrected chi connectivity index (χ3v) is 2.38. The number of hydrogen-bond donors (Lipinski definition) is 2. The lowest BCUT2D eigenvalue weighted by Gasteiger charge is -2.20. The highest BCUT2D eigenvalue weighted by atomic mass is 19.1. The number of aliphatic hydroxyl groups is 1. The number of ether oxygens (including phenoxy) is 2. The Morgan fingerprint density at radius 1 is 1.39 bits per heavy atom. The molecule has 18 heavy (non-hydrogen) atoms. The Morgan fingerprint density at radius 2 is 2.06 bits per heavy atom. The second-order valence-electron chi connectivity index (χ2n) is 4.27. The molecule has 0 aliphatic carbocycles. The number of halogens is 1. The molecule has 4 nitrogen and oxygen atoms in total. The summed E-state index contributed by atoms with van der Waals surface area (Å²) in [7, 11) is 3.15. The monoisotopic (exact) mass is 257 g/mol. The maximum Gasteiger partial charge on any atom is 0.167 e. The van der Waals surface area contributed by atoms with Crippen LogP contribution in [0.2, 0.25) is 0 Å². The quantitative estimate of drug-likeness (QED) is 0.817. The summed E-state index contributed by atoms with van der Waals surface area (Å²) >= 11 is 0. The molecule has 0 saturated heterocycles. The van der Waals surface area contributed by atoms with Crippen LogP contribution >= 0.6 is 0 Å². The van der Waals surface area contributed by atoms with Crippen LogP contribution in [0.15, 0.2) is 12.1 Å². The number of benzene rings is 1. The molecule has 0 aliphatic heterocycles. The van der Waals surface area contributed by atoms with Crippen LogP contribution in [0.5, 0.6) is 11.5 Å². The van der Waals surface area contributed by atoms with Crippen molar-refractivity contribution in [3.8, 4) is 11.5 Å². The Bertz CT molecular complexity index is 396. The van der Waals surface area contributed by atoms with Gasteiger partial charge in [0.05, 0.1) is 19.3 Å². The lowest BCUT2D eigenvalue weighted by Crippen LogP contribution is -2.19. The molecule has 0 spiro atoms. The lowest BCUT2D eigenvalue weighted by molar-refractivity contribution is 0.162. The number of likely N-dealkylation sites (N-methyl/N-ethyl adjacent to an activating group) is 1. The van der Waals surface area contributed by atoms with Gasteiger partial charge >= 0.3 is 0 Å². The van der Waals surface area contributed by atoms with Crippen LogP contribution in [-0.4, -0.2) is 31.9 Å². The van der Waals surface area contributed by atoms with Crippen molar-refractivity contribution >= 4 is 0 Å². The number of nitrogens with one attached hydrogen (secondary N) is 1. The molecule has 0 bridgehead atoms. The number of hydrogen-bond acceptors (Lipinski definition) is 4. The van der Waals surface area contributed by atoms with Gasteiger partial charge in [0.15, 0.2) is 11.5 Å². The summed E-state index contributed by atoms with van der Waals surface area (Å²) in [5.74, 6) is 0.207. The first kappa shape index (κ1) is 14.7. The van der Waals surface area contributed by atoms with Crippen LogP contribution in [0.4, 0.5) is 4.39 Å². The molecule has 1 aromatic carbocycles. The van der Waals surface area contributed by atoms with Crippen molar-refractivity contribution in [2.24, 2.45) is 0 Å². The molecule has 0 fully saturated rings. The number of rotatable bonds is 6. The van der Waals surface area contributed by atoms with Gasteiger partial charge in [-0.15, -0.1) is 0 Å². The molecule has 0 aromatic heterocycles. The average molecular weight is 257 g/mol. The van der Waals surface area contributed by atoms with E-state index in [4.69, 9.17) is 9.47 Å². The van der Waals surface area contributed by atoms with E-state index in [0.717, 1.165) is 0 Å². The van der Waals surface area contributed by atoms with Crippen LogP contribution < -0.4 is 14.8 Å². The first-order valence-electron chi connectivity index (χ1n) is 5.86. The van der Waals surface area contributed by atoms with Crippen molar-refractivity contribution in [2.75, 3.05) is 20.7 Å². The third-order valence-electron chi connectivity index (χ3n) is 2.38. The zero-order valence-electron chi connectivity index (χ0n) is 11.2. The maximum absolute atomic E-state index is 13.5. The molecule has 1 rings (SSSR count). The fraction of sp³-hybridized carbons (Fsp3) is 0.538. The van der Waals surface area contributed by atoms with Crippen LogP contribution in [-0.2, 0) is 0 Å². The van der Waals surface area contributed by atoms with E-state index in [1.165, 1.54) is 19.2 Å². The minimum atomic E-state index is -0.853. The van der Waals surface area contributed by atoms with Gasteiger partial charge in [-0.3, -0.25) is 0 Å². The van der Waals surface area contributed by atoms with Crippen LogP contribution in [0.3, 0.4) is 0 Å². The molecule has 102 valence electrons. The zero-order valence-corrected chi connectivity index (χ0v) is 11.2. The molecular formula is C13H20FNO3. The highest BCUT2D eigenvalue weighted by Crippen LogP contribution is 2.36. The van der Waals surface area contributed by atoms with E-state index in [9.17, 15) is 9.50 Å². The van der Waals surface area contributed by atoms with Gasteiger partial charge in [0.25, 0.3) is 0 Å². The second kappa shape index (κ2) is 6.56. The fourth-order valence-corrected chi connectivity index (χ4v) is 1.65. The topological polar surface area (TPSA) is 50.7 Å². The Kier molecular flexibility index (Phi) is 5.37. The van der Waals surface area contributed by atoms with Crippen molar-refractivity contribution in [3.63, 3.8) is 0 Å². The smallest absolute Gasteiger partial charge is 0.167 e. The van der Waals surface area contributed by atoms with Gasteiger partial charge in [-0.25, -0.2) is 4.39 Å². The summed E-state index contributed by atoms with van der Waals surface area (Å²) < 4.78 is 24.2. The van der Waals surface area contributed by atoms with Gasteiger partial charge in [0, 0.05) is 18.2 Å². The van der Waals surface area contributed by atoms with E-state index in [1.54, 1.807) is 7.05 Å². The average Bonchev–Trinajstić information content (AvgIpc) is 2.30. The van der Waals surface area contributed by atoms with Gasteiger partial charge in [0.1, 0.15) is 5.82 Å². The van der Waals surface area contributed by atoms with Crippen molar-refractivity contribution in [2.45, 2.75) is 26.1 Å². The highest BCUT2D eigenvalue weighted by Gasteiger charge is 2.20. The molecular weight excluding hydrogens is 237 g/mol. The van der Waals surface area contributed by atoms with Crippen molar-refractivity contribution in [1.29, 1.82) is 0 Å². The molecule has 0 aliphatic rings. The van der Waals surface area contributed by atoms with Crippen LogP contribution in [0, 0.1) is 5.82 Å². The summed E-state index contributed by atoms with van der Waals surface area (Å²) in [5, 5.41) is 12.8. The standard InChI is InChI=1S/C13H20FNO3/c1-8(2)18-13-10(11(16)7-15-3)5-9(14)6-12(13)17-4/h5-6,8,11,15-16H,7H2,1-4H3. The molecule has 2 N–H and O–H groups in total. The molecule has 1 aromatic rings. The van der Waals surface area contributed by atoms with Crippen molar-refractivity contribution < 1.29 is 19.0 Å². The van der Waals surface area contributed by atoms with Gasteiger partial charge < -0.3 is 19.9 Å². The molecule has 0 saturated carbocycles. The van der Waals surface area contributed by atoms with Gasteiger partial charge in [-0.1, -0.05) is 0 Å². The van der Waals surface area contributed by atoms with E-state index in [2.05, 4.69) is 5.32 Å². The van der Waals surface area contributed by atoms with Crippen molar-refractivity contribution in [3.05, 3.63) is 23.5 Å². The maximum atomic E-state index is 13.5. The Hall–Kier alpha value is -1.33. The number of aliphatic hydroxyl groups excluding tert-OH is 1. The normalized spacial score (nSPS) is 12.6. The predicted octanol–water partition coefficient (Wildman–Crippen LogP) is 1.87. The summed E-state index contributed by atoms with van der Waals surface area (Å²) in [6.07, 6.45) is -0.946. The minimum Gasteiger partial charge on any atom is -0.493 e. The van der Waals surface area contributed by atoms with Gasteiger partial charge in [-0.05, 0) is 27.0 Å².